The average molecular weight is 713 g/mol. The third-order valence-corrected chi connectivity index (χ3v) is 10.3. The number of hydrogen-bond donors (Lipinski definition) is 2. The van der Waals surface area contributed by atoms with Gasteiger partial charge in [0.1, 0.15) is 6.04 Å². The Kier molecular flexibility index (Phi) is 9.92. The van der Waals surface area contributed by atoms with E-state index >= 15 is 0 Å². The van der Waals surface area contributed by atoms with Crippen molar-refractivity contribution < 1.29 is 18.0 Å². The molecule has 1 aliphatic heterocycles. The van der Waals surface area contributed by atoms with E-state index in [0.29, 0.717) is 15.6 Å². The fourth-order valence-electron chi connectivity index (χ4n) is 5.34. The van der Waals surface area contributed by atoms with Crippen LogP contribution < -0.4 is 11.1 Å². The van der Waals surface area contributed by atoms with Crippen molar-refractivity contribution in [3.63, 3.8) is 0 Å². The Morgan fingerprint density at radius 3 is 2.23 bits per heavy atom. The molecule has 11 heteroatoms. The van der Waals surface area contributed by atoms with Crippen LogP contribution in [0.4, 0.5) is 0 Å². The number of amides is 2. The summed E-state index contributed by atoms with van der Waals surface area (Å²) in [4.78, 5) is 26.5. The molecule has 3 unspecified atom stereocenters. The molecule has 0 bridgehead atoms. The predicted molar refractivity (Wildman–Crippen MR) is 176 cm³/mol. The van der Waals surface area contributed by atoms with Crippen LogP contribution >= 0.6 is 39.1 Å². The minimum atomic E-state index is -4.26. The molecule has 1 aliphatic rings. The second-order valence-electron chi connectivity index (χ2n) is 10.3. The van der Waals surface area contributed by atoms with E-state index in [-0.39, 0.29) is 23.3 Å². The number of nitrogens with two attached hydrogens (primary N) is 1. The summed E-state index contributed by atoms with van der Waals surface area (Å²) in [6.07, 6.45) is 2.08. The van der Waals surface area contributed by atoms with Crippen molar-refractivity contribution in [1.29, 1.82) is 0 Å². The molecule has 0 saturated heterocycles. The minimum absolute atomic E-state index is 0.00896. The van der Waals surface area contributed by atoms with Gasteiger partial charge in [-0.3, -0.25) is 9.59 Å². The van der Waals surface area contributed by atoms with Crippen LogP contribution in [0.15, 0.2) is 124 Å². The van der Waals surface area contributed by atoms with Crippen LogP contribution in [-0.4, -0.2) is 30.6 Å². The van der Waals surface area contributed by atoms with E-state index in [1.165, 1.54) is 28.6 Å². The van der Waals surface area contributed by atoms with Gasteiger partial charge in [0, 0.05) is 26.5 Å². The molecule has 3 atom stereocenters. The first-order chi connectivity index (χ1) is 21.0. The minimum Gasteiger partial charge on any atom is -0.368 e. The van der Waals surface area contributed by atoms with Gasteiger partial charge in [-0.05, 0) is 71.6 Å². The predicted octanol–water partition coefficient (Wildman–Crippen LogP) is 6.77. The van der Waals surface area contributed by atoms with Gasteiger partial charge in [-0.25, -0.2) is 8.42 Å². The molecule has 0 spiro atoms. The van der Waals surface area contributed by atoms with Crippen LogP contribution in [0, 0.1) is 0 Å². The number of halogens is 3. The fraction of sp³-hybridized carbons (Fsp3) is 0.152. The molecule has 1 heterocycles. The van der Waals surface area contributed by atoms with Crippen LogP contribution in [0.1, 0.15) is 35.2 Å². The van der Waals surface area contributed by atoms with Gasteiger partial charge in [0.2, 0.25) is 21.8 Å². The molecule has 0 radical (unpaired) electrons. The summed E-state index contributed by atoms with van der Waals surface area (Å²) >= 11 is 16.0. The maximum absolute atomic E-state index is 14.6. The number of primary amides is 1. The summed E-state index contributed by atoms with van der Waals surface area (Å²) < 4.78 is 31.3. The molecule has 2 amide bonds. The van der Waals surface area contributed by atoms with E-state index in [9.17, 15) is 18.0 Å². The van der Waals surface area contributed by atoms with E-state index in [4.69, 9.17) is 28.9 Å². The molecule has 44 heavy (non-hydrogen) atoms. The monoisotopic (exact) mass is 711 g/mol. The Labute approximate surface area is 274 Å². The van der Waals surface area contributed by atoms with Crippen molar-refractivity contribution in [3.8, 4) is 0 Å². The maximum Gasteiger partial charge on any atom is 0.249 e. The van der Waals surface area contributed by atoms with Gasteiger partial charge in [0.05, 0.1) is 17.0 Å². The number of nitrogens with zero attached hydrogens (tertiary/aromatic N) is 1. The third-order valence-electron chi connectivity index (χ3n) is 7.40. The highest BCUT2D eigenvalue weighted by Crippen LogP contribution is 2.46. The summed E-state index contributed by atoms with van der Waals surface area (Å²) in [5.74, 6) is -1.32. The van der Waals surface area contributed by atoms with Gasteiger partial charge < -0.3 is 11.1 Å². The van der Waals surface area contributed by atoms with Crippen molar-refractivity contribution >= 4 is 61.0 Å². The Hall–Kier alpha value is -3.47. The quantitative estimate of drug-likeness (QED) is 0.200. The number of hydrogen-bond acceptors (Lipinski definition) is 4. The lowest BCUT2D eigenvalue weighted by Crippen LogP contribution is -2.49. The molecule has 4 aromatic carbocycles. The molecule has 0 saturated carbocycles. The molecule has 4 aromatic rings. The van der Waals surface area contributed by atoms with E-state index in [0.717, 1.165) is 15.6 Å². The number of nitrogens with one attached hydrogen (secondary N) is 1. The van der Waals surface area contributed by atoms with Crippen LogP contribution in [0.2, 0.25) is 10.0 Å². The molecule has 0 aromatic heterocycles. The van der Waals surface area contributed by atoms with Crippen molar-refractivity contribution in [1.82, 2.24) is 9.62 Å². The van der Waals surface area contributed by atoms with Crippen molar-refractivity contribution in [3.05, 3.63) is 146 Å². The lowest BCUT2D eigenvalue weighted by Gasteiger charge is -2.41. The normalized spacial score (nSPS) is 17.8. The molecule has 0 aliphatic carbocycles. The Bertz CT molecular complexity index is 1820. The van der Waals surface area contributed by atoms with Gasteiger partial charge in [0.15, 0.2) is 0 Å². The van der Waals surface area contributed by atoms with Crippen LogP contribution in [0.5, 0.6) is 0 Å². The van der Waals surface area contributed by atoms with Gasteiger partial charge in [-0.2, -0.15) is 4.31 Å². The smallest absolute Gasteiger partial charge is 0.249 e. The van der Waals surface area contributed by atoms with Gasteiger partial charge in [0.25, 0.3) is 0 Å². The number of sulfonamides is 1. The fourth-order valence-corrected chi connectivity index (χ4v) is 7.86. The number of benzene rings is 4. The highest BCUT2D eigenvalue weighted by atomic mass is 79.9. The van der Waals surface area contributed by atoms with Crippen molar-refractivity contribution in [2.45, 2.75) is 35.9 Å². The summed E-state index contributed by atoms with van der Waals surface area (Å²) in [6.45, 7) is 0. The number of carbonyl (C=O) groups is 2. The lowest BCUT2D eigenvalue weighted by atomic mass is 9.88. The Morgan fingerprint density at radius 1 is 0.886 bits per heavy atom. The highest BCUT2D eigenvalue weighted by Gasteiger charge is 2.45. The Morgan fingerprint density at radius 2 is 1.57 bits per heavy atom. The molecular formula is C33H28BrCl2N3O4S. The zero-order valence-corrected chi connectivity index (χ0v) is 27.2. The summed E-state index contributed by atoms with van der Waals surface area (Å²) in [6, 6.07) is 26.3. The zero-order valence-electron chi connectivity index (χ0n) is 23.2. The first-order valence-electron chi connectivity index (χ1n) is 13.7. The summed E-state index contributed by atoms with van der Waals surface area (Å²) in [5, 5.41) is 3.52. The molecule has 7 nitrogen and oxygen atoms in total. The highest BCUT2D eigenvalue weighted by molar-refractivity contribution is 9.10. The first kappa shape index (κ1) is 31.9. The average Bonchev–Trinajstić information content (AvgIpc) is 3.00. The first-order valence-corrected chi connectivity index (χ1v) is 16.7. The topological polar surface area (TPSA) is 110 Å². The van der Waals surface area contributed by atoms with Gasteiger partial charge in [-0.15, -0.1) is 0 Å². The molecule has 226 valence electrons. The molecular weight excluding hydrogens is 685 g/mol. The zero-order chi connectivity index (χ0) is 31.4. The number of carbonyl (C=O) groups excluding carboxylic acids is 2. The summed E-state index contributed by atoms with van der Waals surface area (Å²) in [7, 11) is -4.26. The van der Waals surface area contributed by atoms with Gasteiger partial charge >= 0.3 is 0 Å². The second kappa shape index (κ2) is 13.7. The third kappa shape index (κ3) is 7.08. The molecule has 0 fully saturated rings. The van der Waals surface area contributed by atoms with E-state index in [1.54, 1.807) is 30.3 Å². The Balaban J connectivity index is 1.65. The number of rotatable bonds is 9. The standard InChI is InChI=1S/C33H28BrCl2N3O4S/c34-24-10-4-8-22(19-24)30-17-16-28(33(41)38-29(32(37)40)18-21-6-2-1-3-7-21)31(23-9-5-11-26(36)20-23)39(30)44(42,43)27-14-12-25(35)13-15-27/h1-16,19-20,29-31H,17-18H2,(H2,37,40)(H,38,41). The van der Waals surface area contributed by atoms with E-state index in [1.807, 2.05) is 54.6 Å². The van der Waals surface area contributed by atoms with Crippen molar-refractivity contribution in [2.24, 2.45) is 5.73 Å². The van der Waals surface area contributed by atoms with Crippen LogP contribution in [0.3, 0.4) is 0 Å². The van der Waals surface area contributed by atoms with Crippen LogP contribution in [-0.2, 0) is 26.0 Å². The SMILES string of the molecule is NC(=O)C(Cc1ccccc1)NC(=O)C1=CCC(c2cccc(Br)c2)N(S(=O)(=O)c2ccc(Cl)cc2)C1c1cccc(Cl)c1. The van der Waals surface area contributed by atoms with Crippen LogP contribution in [0.25, 0.3) is 0 Å². The van der Waals surface area contributed by atoms with Gasteiger partial charge in [-0.1, -0.05) is 99.8 Å². The largest absolute Gasteiger partial charge is 0.368 e. The molecule has 5 rings (SSSR count). The second-order valence-corrected chi connectivity index (χ2v) is 14.0. The molecule has 3 N–H and O–H groups in total. The van der Waals surface area contributed by atoms with Crippen molar-refractivity contribution in [2.75, 3.05) is 0 Å². The summed E-state index contributed by atoms with van der Waals surface area (Å²) in [5.41, 5.74) is 7.87. The van der Waals surface area contributed by atoms with E-state index < -0.39 is 40.0 Å². The maximum atomic E-state index is 14.6. The van der Waals surface area contributed by atoms with E-state index in [2.05, 4.69) is 21.2 Å². The lowest BCUT2D eigenvalue weighted by molar-refractivity contribution is -0.125.